The zero-order chi connectivity index (χ0) is 15.1. The zero-order valence-corrected chi connectivity index (χ0v) is 12.5. The topological polar surface area (TPSA) is 67.8 Å². The minimum absolute atomic E-state index is 0.0716. The van der Waals surface area contributed by atoms with Crippen LogP contribution >= 0.6 is 0 Å². The van der Waals surface area contributed by atoms with Crippen molar-refractivity contribution in [2.45, 2.75) is 38.9 Å². The van der Waals surface area contributed by atoms with Gasteiger partial charge in [0.1, 0.15) is 5.75 Å². The van der Waals surface area contributed by atoms with E-state index in [-0.39, 0.29) is 11.7 Å². The summed E-state index contributed by atoms with van der Waals surface area (Å²) in [4.78, 5) is 11.9. The van der Waals surface area contributed by atoms with Crippen molar-refractivity contribution >= 4 is 18.5 Å². The summed E-state index contributed by atoms with van der Waals surface area (Å²) in [6, 6.07) is 4.54. The molecule has 0 radical (unpaired) electrons. The van der Waals surface area contributed by atoms with Gasteiger partial charge in [0, 0.05) is 12.6 Å². The van der Waals surface area contributed by atoms with Crippen LogP contribution in [-0.2, 0) is 9.31 Å². The molecule has 1 aromatic carbocycles. The van der Waals surface area contributed by atoms with Gasteiger partial charge in [-0.2, -0.15) is 0 Å². The van der Waals surface area contributed by atoms with Crippen molar-refractivity contribution in [1.82, 2.24) is 5.32 Å². The molecule has 0 atom stereocenters. The van der Waals surface area contributed by atoms with Crippen molar-refractivity contribution in [3.63, 3.8) is 0 Å². The van der Waals surface area contributed by atoms with Crippen LogP contribution < -0.4 is 10.8 Å². The molecule has 0 aliphatic carbocycles. The van der Waals surface area contributed by atoms with Gasteiger partial charge in [-0.05, 0) is 51.4 Å². The van der Waals surface area contributed by atoms with Crippen LogP contribution in [0.2, 0.25) is 0 Å². The molecule has 0 saturated carbocycles. The summed E-state index contributed by atoms with van der Waals surface area (Å²) in [5.74, 6) is -0.169. The molecule has 0 unspecified atom stereocenters. The first kappa shape index (κ1) is 14.9. The molecule has 0 bridgehead atoms. The van der Waals surface area contributed by atoms with E-state index in [4.69, 9.17) is 9.31 Å². The lowest BCUT2D eigenvalue weighted by Gasteiger charge is -2.32. The molecule has 1 aliphatic rings. The number of nitrogens with one attached hydrogen (secondary N) is 1. The molecule has 5 nitrogen and oxygen atoms in total. The normalized spacial score (nSPS) is 19.9. The van der Waals surface area contributed by atoms with Crippen LogP contribution in [0.3, 0.4) is 0 Å². The van der Waals surface area contributed by atoms with E-state index >= 15 is 0 Å². The second-order valence-electron chi connectivity index (χ2n) is 5.94. The number of aromatic hydroxyl groups is 1. The lowest BCUT2D eigenvalue weighted by molar-refractivity contribution is 0.00578. The lowest BCUT2D eigenvalue weighted by Crippen LogP contribution is -2.41. The summed E-state index contributed by atoms with van der Waals surface area (Å²) in [6.07, 6.45) is 0. The largest absolute Gasteiger partial charge is 0.508 e. The maximum atomic E-state index is 11.9. The molecule has 1 fully saturated rings. The minimum Gasteiger partial charge on any atom is -0.508 e. The number of phenolic OH excluding ortho intramolecular Hbond substituents is 1. The number of carbonyl (C=O) groups excluding carboxylic acids is 1. The van der Waals surface area contributed by atoms with Gasteiger partial charge in [-0.25, -0.2) is 0 Å². The van der Waals surface area contributed by atoms with Crippen LogP contribution in [-0.4, -0.2) is 36.4 Å². The molecule has 1 aliphatic heterocycles. The maximum absolute atomic E-state index is 11.9. The number of rotatable bonds is 2. The average Bonchev–Trinajstić information content (AvgIpc) is 2.57. The molecule has 1 saturated heterocycles. The first-order chi connectivity index (χ1) is 9.18. The molecular formula is C14H20BNO4. The minimum atomic E-state index is -0.681. The average molecular weight is 277 g/mol. The fourth-order valence-corrected chi connectivity index (χ4v) is 2.06. The van der Waals surface area contributed by atoms with Crippen LogP contribution in [0.1, 0.15) is 38.1 Å². The van der Waals surface area contributed by atoms with Crippen LogP contribution in [0.5, 0.6) is 5.75 Å². The Morgan fingerprint density at radius 3 is 2.25 bits per heavy atom. The number of hydrogen-bond donors (Lipinski definition) is 2. The molecule has 2 rings (SSSR count). The van der Waals surface area contributed by atoms with E-state index in [0.717, 1.165) is 0 Å². The van der Waals surface area contributed by atoms with E-state index in [9.17, 15) is 9.90 Å². The van der Waals surface area contributed by atoms with Gasteiger partial charge in [-0.1, -0.05) is 0 Å². The fraction of sp³-hybridized carbons (Fsp3) is 0.500. The lowest BCUT2D eigenvalue weighted by atomic mass is 9.75. The smallest absolute Gasteiger partial charge is 0.495 e. The molecule has 0 spiro atoms. The maximum Gasteiger partial charge on any atom is 0.495 e. The first-order valence-electron chi connectivity index (χ1n) is 6.58. The molecule has 108 valence electrons. The van der Waals surface area contributed by atoms with E-state index in [1.54, 1.807) is 13.1 Å². The predicted molar refractivity (Wildman–Crippen MR) is 77.2 cm³/mol. The van der Waals surface area contributed by atoms with Gasteiger partial charge in [-0.15, -0.1) is 0 Å². The van der Waals surface area contributed by atoms with Crippen molar-refractivity contribution in [1.29, 1.82) is 0 Å². The van der Waals surface area contributed by atoms with Gasteiger partial charge in [0.15, 0.2) is 0 Å². The highest BCUT2D eigenvalue weighted by atomic mass is 16.7. The summed E-state index contributed by atoms with van der Waals surface area (Å²) in [5, 5.41) is 12.2. The van der Waals surface area contributed by atoms with Gasteiger partial charge in [0.05, 0.1) is 11.2 Å². The standard InChI is InChI=1S/C14H20BNO4/c1-13(2)14(3,4)20-15(19-13)11-8-9(17)6-7-10(11)12(18)16-5/h6-8,17H,1-5H3,(H,16,18). The van der Waals surface area contributed by atoms with Crippen molar-refractivity contribution in [3.05, 3.63) is 23.8 Å². The van der Waals surface area contributed by atoms with Crippen LogP contribution in [0.25, 0.3) is 0 Å². The van der Waals surface area contributed by atoms with E-state index in [1.807, 2.05) is 27.7 Å². The third-order valence-electron chi connectivity index (χ3n) is 4.01. The Bertz CT molecular complexity index is 526. The highest BCUT2D eigenvalue weighted by Crippen LogP contribution is 2.36. The molecular weight excluding hydrogens is 257 g/mol. The molecule has 2 N–H and O–H groups in total. The summed E-state index contributed by atoms with van der Waals surface area (Å²) < 4.78 is 11.9. The van der Waals surface area contributed by atoms with Crippen molar-refractivity contribution in [3.8, 4) is 5.75 Å². The highest BCUT2D eigenvalue weighted by molar-refractivity contribution is 6.63. The van der Waals surface area contributed by atoms with Crippen molar-refractivity contribution in [2.24, 2.45) is 0 Å². The monoisotopic (exact) mass is 277 g/mol. The third kappa shape index (κ3) is 2.41. The SMILES string of the molecule is CNC(=O)c1ccc(O)cc1B1OC(C)(C)C(C)(C)O1. The Labute approximate surface area is 119 Å². The van der Waals surface area contributed by atoms with Gasteiger partial charge < -0.3 is 19.7 Å². The van der Waals surface area contributed by atoms with Crippen LogP contribution in [0.15, 0.2) is 18.2 Å². The molecule has 1 aromatic rings. The predicted octanol–water partition coefficient (Wildman–Crippen LogP) is 1.05. The Hall–Kier alpha value is -1.53. The molecule has 0 aromatic heterocycles. The highest BCUT2D eigenvalue weighted by Gasteiger charge is 2.52. The summed E-state index contributed by atoms with van der Waals surface area (Å²) in [6.45, 7) is 7.76. The van der Waals surface area contributed by atoms with E-state index in [1.165, 1.54) is 12.1 Å². The Balaban J connectivity index is 2.44. The second kappa shape index (κ2) is 4.79. The number of amides is 1. The first-order valence-corrected chi connectivity index (χ1v) is 6.58. The van der Waals surface area contributed by atoms with Gasteiger partial charge in [-0.3, -0.25) is 4.79 Å². The van der Waals surface area contributed by atoms with Crippen LogP contribution in [0.4, 0.5) is 0 Å². The second-order valence-corrected chi connectivity index (χ2v) is 5.94. The number of phenols is 1. The van der Waals surface area contributed by atoms with Crippen molar-refractivity contribution < 1.29 is 19.2 Å². The summed E-state index contributed by atoms with van der Waals surface area (Å²) in [7, 11) is 0.878. The Morgan fingerprint density at radius 2 is 1.75 bits per heavy atom. The Morgan fingerprint density at radius 1 is 1.20 bits per heavy atom. The van der Waals surface area contributed by atoms with Gasteiger partial charge >= 0.3 is 7.12 Å². The number of hydrogen-bond acceptors (Lipinski definition) is 4. The van der Waals surface area contributed by atoms with Gasteiger partial charge in [0.2, 0.25) is 0 Å². The number of carbonyl (C=O) groups is 1. The van der Waals surface area contributed by atoms with E-state index in [2.05, 4.69) is 5.32 Å². The summed E-state index contributed by atoms with van der Waals surface area (Å²) in [5.41, 5.74) is -0.0292. The number of benzene rings is 1. The Kier molecular flexibility index (Phi) is 3.56. The molecule has 1 heterocycles. The molecule has 1 amide bonds. The van der Waals surface area contributed by atoms with Crippen molar-refractivity contribution in [2.75, 3.05) is 7.05 Å². The van der Waals surface area contributed by atoms with Crippen LogP contribution in [0, 0.1) is 0 Å². The third-order valence-corrected chi connectivity index (χ3v) is 4.01. The zero-order valence-electron chi connectivity index (χ0n) is 12.5. The summed E-state index contributed by atoms with van der Waals surface area (Å²) >= 11 is 0. The van der Waals surface area contributed by atoms with E-state index < -0.39 is 18.3 Å². The molecule has 6 heteroatoms. The molecule has 20 heavy (non-hydrogen) atoms. The van der Waals surface area contributed by atoms with E-state index in [0.29, 0.717) is 11.0 Å². The fourth-order valence-electron chi connectivity index (χ4n) is 2.06. The van der Waals surface area contributed by atoms with Gasteiger partial charge in [0.25, 0.3) is 5.91 Å². The quantitative estimate of drug-likeness (QED) is 0.793.